The Morgan fingerprint density at radius 1 is 1.24 bits per heavy atom. The highest BCUT2D eigenvalue weighted by Gasteiger charge is 2.16. The second-order valence-corrected chi connectivity index (χ2v) is 5.28. The van der Waals surface area contributed by atoms with E-state index in [2.05, 4.69) is 10.1 Å². The molecule has 0 spiro atoms. The molecule has 1 aromatic rings. The summed E-state index contributed by atoms with van der Waals surface area (Å²) in [5.41, 5.74) is 5.90. The van der Waals surface area contributed by atoms with Crippen molar-refractivity contribution < 1.29 is 23.8 Å². The highest BCUT2D eigenvalue weighted by atomic mass is 16.6. The number of esters is 1. The van der Waals surface area contributed by atoms with E-state index in [1.165, 1.54) is 19.2 Å². The standard InChI is InChI=1S/C14H20N2O5/c1-14(2,3)21-13(18)16-10-5-9(15)6-11(7-10)20-8-12(17)19-4/h5-7H,8,15H2,1-4H3,(H,16,18). The van der Waals surface area contributed by atoms with Crippen molar-refractivity contribution in [3.63, 3.8) is 0 Å². The minimum atomic E-state index is -0.605. The number of carbonyl (C=O) groups is 2. The van der Waals surface area contributed by atoms with Crippen molar-refractivity contribution in [3.05, 3.63) is 18.2 Å². The van der Waals surface area contributed by atoms with E-state index in [9.17, 15) is 9.59 Å². The molecule has 0 heterocycles. The Morgan fingerprint density at radius 2 is 1.90 bits per heavy atom. The summed E-state index contributed by atoms with van der Waals surface area (Å²) in [7, 11) is 1.26. The van der Waals surface area contributed by atoms with Gasteiger partial charge in [0.1, 0.15) is 11.4 Å². The number of nitrogens with two attached hydrogens (primary N) is 1. The molecule has 0 saturated heterocycles. The number of hydrogen-bond donors (Lipinski definition) is 2. The fourth-order valence-electron chi connectivity index (χ4n) is 1.40. The van der Waals surface area contributed by atoms with Crippen LogP contribution in [0, 0.1) is 0 Å². The first-order valence-corrected chi connectivity index (χ1v) is 6.30. The lowest BCUT2D eigenvalue weighted by Gasteiger charge is -2.20. The van der Waals surface area contributed by atoms with Crippen LogP contribution in [0.2, 0.25) is 0 Å². The molecule has 0 aromatic heterocycles. The minimum Gasteiger partial charge on any atom is -0.482 e. The van der Waals surface area contributed by atoms with Gasteiger partial charge in [-0.1, -0.05) is 0 Å². The highest BCUT2D eigenvalue weighted by Crippen LogP contribution is 2.23. The summed E-state index contributed by atoms with van der Waals surface area (Å²) in [6.45, 7) is 5.04. The van der Waals surface area contributed by atoms with E-state index in [-0.39, 0.29) is 6.61 Å². The first kappa shape index (κ1) is 16.6. The molecular weight excluding hydrogens is 276 g/mol. The molecule has 7 heteroatoms. The predicted octanol–water partition coefficient (Wildman–Crippen LogP) is 2.17. The zero-order chi connectivity index (χ0) is 16.0. The molecular formula is C14H20N2O5. The Hall–Kier alpha value is -2.44. The molecule has 116 valence electrons. The van der Waals surface area contributed by atoms with Gasteiger partial charge in [-0.05, 0) is 26.8 Å². The fraction of sp³-hybridized carbons (Fsp3) is 0.429. The molecule has 7 nitrogen and oxygen atoms in total. The smallest absolute Gasteiger partial charge is 0.412 e. The van der Waals surface area contributed by atoms with Crippen LogP contribution < -0.4 is 15.8 Å². The van der Waals surface area contributed by atoms with E-state index < -0.39 is 17.7 Å². The Labute approximate surface area is 123 Å². The van der Waals surface area contributed by atoms with Gasteiger partial charge in [0.05, 0.1) is 7.11 Å². The Balaban J connectivity index is 2.73. The van der Waals surface area contributed by atoms with E-state index in [4.69, 9.17) is 15.2 Å². The lowest BCUT2D eigenvalue weighted by atomic mass is 10.2. The highest BCUT2D eigenvalue weighted by molar-refractivity contribution is 5.86. The van der Waals surface area contributed by atoms with E-state index in [1.54, 1.807) is 26.8 Å². The monoisotopic (exact) mass is 296 g/mol. The molecule has 0 saturated carbocycles. The molecule has 0 unspecified atom stereocenters. The lowest BCUT2D eigenvalue weighted by Crippen LogP contribution is -2.27. The SMILES string of the molecule is COC(=O)COc1cc(N)cc(NC(=O)OC(C)(C)C)c1. The van der Waals surface area contributed by atoms with Gasteiger partial charge in [0.2, 0.25) is 0 Å². The summed E-state index contributed by atoms with van der Waals surface area (Å²) >= 11 is 0. The molecule has 1 amide bonds. The number of methoxy groups -OCH3 is 1. The van der Waals surface area contributed by atoms with Crippen LogP contribution in [0.1, 0.15) is 20.8 Å². The van der Waals surface area contributed by atoms with E-state index in [0.717, 1.165) is 0 Å². The van der Waals surface area contributed by atoms with Crippen LogP contribution in [-0.2, 0) is 14.3 Å². The maximum atomic E-state index is 11.7. The van der Waals surface area contributed by atoms with Crippen molar-refractivity contribution in [1.29, 1.82) is 0 Å². The van der Waals surface area contributed by atoms with Gasteiger partial charge >= 0.3 is 12.1 Å². The maximum Gasteiger partial charge on any atom is 0.412 e. The second kappa shape index (κ2) is 6.83. The molecule has 0 fully saturated rings. The molecule has 0 atom stereocenters. The average Bonchev–Trinajstić information content (AvgIpc) is 2.32. The lowest BCUT2D eigenvalue weighted by molar-refractivity contribution is -0.142. The van der Waals surface area contributed by atoms with E-state index in [1.807, 2.05) is 0 Å². The normalized spacial score (nSPS) is 10.7. The Kier molecular flexibility index (Phi) is 5.40. The molecule has 0 bridgehead atoms. The van der Waals surface area contributed by atoms with Crippen molar-refractivity contribution in [3.8, 4) is 5.75 Å². The van der Waals surface area contributed by atoms with E-state index in [0.29, 0.717) is 17.1 Å². The first-order chi connectivity index (χ1) is 9.69. The summed E-state index contributed by atoms with van der Waals surface area (Å²) in [6, 6.07) is 4.61. The second-order valence-electron chi connectivity index (χ2n) is 5.28. The number of carbonyl (C=O) groups excluding carboxylic acids is 2. The number of nitrogens with one attached hydrogen (secondary N) is 1. The zero-order valence-electron chi connectivity index (χ0n) is 12.6. The van der Waals surface area contributed by atoms with Gasteiger partial charge < -0.3 is 19.9 Å². The zero-order valence-corrected chi connectivity index (χ0v) is 12.6. The predicted molar refractivity (Wildman–Crippen MR) is 78.2 cm³/mol. The van der Waals surface area contributed by atoms with E-state index >= 15 is 0 Å². The minimum absolute atomic E-state index is 0.244. The quantitative estimate of drug-likeness (QED) is 0.652. The van der Waals surface area contributed by atoms with Gasteiger partial charge in [-0.25, -0.2) is 9.59 Å². The molecule has 1 rings (SSSR count). The molecule has 21 heavy (non-hydrogen) atoms. The third-order valence-electron chi connectivity index (χ3n) is 2.16. The maximum absolute atomic E-state index is 11.7. The van der Waals surface area contributed by atoms with Gasteiger partial charge in [-0.3, -0.25) is 5.32 Å². The molecule has 0 aliphatic heterocycles. The number of amides is 1. The van der Waals surface area contributed by atoms with Crippen molar-refractivity contribution in [2.45, 2.75) is 26.4 Å². The topological polar surface area (TPSA) is 99.9 Å². The van der Waals surface area contributed by atoms with Gasteiger partial charge in [0.25, 0.3) is 0 Å². The van der Waals surface area contributed by atoms with Crippen LogP contribution in [-0.4, -0.2) is 31.4 Å². The summed E-state index contributed by atoms with van der Waals surface area (Å²) in [6.07, 6.45) is -0.605. The fourth-order valence-corrected chi connectivity index (χ4v) is 1.40. The van der Waals surface area contributed by atoms with Gasteiger partial charge in [0, 0.05) is 23.5 Å². The third kappa shape index (κ3) is 6.51. The Morgan fingerprint density at radius 3 is 2.48 bits per heavy atom. The van der Waals surface area contributed by atoms with Crippen molar-refractivity contribution >= 4 is 23.4 Å². The summed E-state index contributed by atoms with van der Waals surface area (Å²) in [4.78, 5) is 22.7. The summed E-state index contributed by atoms with van der Waals surface area (Å²) in [5.74, 6) is -0.175. The summed E-state index contributed by atoms with van der Waals surface area (Å²) in [5, 5.41) is 2.54. The number of hydrogen-bond acceptors (Lipinski definition) is 6. The van der Waals surface area contributed by atoms with Crippen LogP contribution in [0.25, 0.3) is 0 Å². The van der Waals surface area contributed by atoms with Crippen LogP contribution in [0.15, 0.2) is 18.2 Å². The van der Waals surface area contributed by atoms with Crippen LogP contribution in [0.5, 0.6) is 5.75 Å². The third-order valence-corrected chi connectivity index (χ3v) is 2.16. The number of ether oxygens (including phenoxy) is 3. The van der Waals surface area contributed by atoms with Crippen molar-refractivity contribution in [1.82, 2.24) is 0 Å². The largest absolute Gasteiger partial charge is 0.482 e. The van der Waals surface area contributed by atoms with Gasteiger partial charge in [-0.2, -0.15) is 0 Å². The van der Waals surface area contributed by atoms with Gasteiger partial charge in [0.15, 0.2) is 6.61 Å². The number of anilines is 2. The van der Waals surface area contributed by atoms with Crippen molar-refractivity contribution in [2.75, 3.05) is 24.8 Å². The molecule has 0 aliphatic rings. The van der Waals surface area contributed by atoms with Crippen LogP contribution in [0.3, 0.4) is 0 Å². The Bertz CT molecular complexity index is 523. The summed E-state index contributed by atoms with van der Waals surface area (Å²) < 4.78 is 14.8. The number of nitrogen functional groups attached to an aromatic ring is 1. The molecule has 1 aromatic carbocycles. The number of benzene rings is 1. The van der Waals surface area contributed by atoms with Crippen LogP contribution in [0.4, 0.5) is 16.2 Å². The van der Waals surface area contributed by atoms with Gasteiger partial charge in [-0.15, -0.1) is 0 Å². The molecule has 0 aliphatic carbocycles. The first-order valence-electron chi connectivity index (χ1n) is 6.30. The molecule has 0 radical (unpaired) electrons. The van der Waals surface area contributed by atoms with Crippen LogP contribution >= 0.6 is 0 Å². The average molecular weight is 296 g/mol. The van der Waals surface area contributed by atoms with Crippen molar-refractivity contribution in [2.24, 2.45) is 0 Å². The number of rotatable bonds is 4. The molecule has 3 N–H and O–H groups in total.